The first-order valence-corrected chi connectivity index (χ1v) is 7.74. The summed E-state index contributed by atoms with van der Waals surface area (Å²) in [7, 11) is 0. The van der Waals surface area contributed by atoms with Crippen LogP contribution in [0.4, 0.5) is 0 Å². The van der Waals surface area contributed by atoms with Gasteiger partial charge in [-0.1, -0.05) is 24.7 Å². The number of rotatable bonds is 3. The van der Waals surface area contributed by atoms with E-state index in [9.17, 15) is 5.11 Å². The Balaban J connectivity index is 2.08. The summed E-state index contributed by atoms with van der Waals surface area (Å²) in [6.07, 6.45) is 4.76. The van der Waals surface area contributed by atoms with Crippen molar-refractivity contribution in [3.63, 3.8) is 0 Å². The first kappa shape index (κ1) is 14.5. The molecule has 0 aliphatic carbocycles. The zero-order valence-corrected chi connectivity index (χ0v) is 12.0. The van der Waals surface area contributed by atoms with Crippen LogP contribution in [0.15, 0.2) is 11.4 Å². The van der Waals surface area contributed by atoms with E-state index in [4.69, 9.17) is 5.11 Å². The van der Waals surface area contributed by atoms with Crippen LogP contribution < -0.4 is 0 Å². The molecule has 104 valence electrons. The smallest absolute Gasteiger partial charge is 0.104 e. The maximum absolute atomic E-state index is 9.53. The second-order valence-electron chi connectivity index (χ2n) is 4.87. The molecule has 0 saturated carbocycles. The molecule has 1 fully saturated rings. The van der Waals surface area contributed by atoms with Gasteiger partial charge in [-0.3, -0.25) is 4.90 Å². The average Bonchev–Trinajstić information content (AvgIpc) is 2.73. The molecule has 19 heavy (non-hydrogen) atoms. The fourth-order valence-corrected chi connectivity index (χ4v) is 3.40. The Labute approximate surface area is 118 Å². The van der Waals surface area contributed by atoms with E-state index < -0.39 is 0 Å². The van der Waals surface area contributed by atoms with Crippen LogP contribution in [0.2, 0.25) is 0 Å². The third kappa shape index (κ3) is 4.05. The molecular weight excluding hydrogens is 258 g/mol. The van der Waals surface area contributed by atoms with Crippen LogP contribution in [-0.2, 0) is 6.54 Å². The van der Waals surface area contributed by atoms with Gasteiger partial charge in [-0.15, -0.1) is 11.3 Å². The van der Waals surface area contributed by atoms with Crippen LogP contribution in [-0.4, -0.2) is 40.9 Å². The third-order valence-electron chi connectivity index (χ3n) is 3.60. The van der Waals surface area contributed by atoms with Gasteiger partial charge in [0.2, 0.25) is 0 Å². The Morgan fingerprint density at radius 1 is 1.32 bits per heavy atom. The molecule has 0 aromatic carbocycles. The first-order valence-electron chi connectivity index (χ1n) is 6.86. The maximum Gasteiger partial charge on any atom is 0.104 e. The van der Waals surface area contributed by atoms with Crippen LogP contribution in [0.5, 0.6) is 0 Å². The number of likely N-dealkylation sites (tertiary alicyclic amines) is 1. The lowest BCUT2D eigenvalue weighted by atomic mass is 10.1. The summed E-state index contributed by atoms with van der Waals surface area (Å²) in [5.74, 6) is 5.71. The van der Waals surface area contributed by atoms with Crippen LogP contribution in [0.3, 0.4) is 0 Å². The standard InChI is InChI=1S/C15H21NO2S/c17-9-4-5-13-7-10-19-15(13)11-16-8-3-1-2-6-14(16)12-18/h7,10,14,17-18H,1-3,6,8-9,11-12H2. The molecule has 1 aliphatic rings. The second kappa shape index (κ2) is 7.66. The van der Waals surface area contributed by atoms with Gasteiger partial charge in [0, 0.05) is 23.0 Å². The van der Waals surface area contributed by atoms with Gasteiger partial charge >= 0.3 is 0 Å². The van der Waals surface area contributed by atoms with Gasteiger partial charge < -0.3 is 10.2 Å². The molecule has 4 heteroatoms. The van der Waals surface area contributed by atoms with Crippen molar-refractivity contribution in [3.05, 3.63) is 21.9 Å². The Bertz CT molecular complexity index is 446. The number of nitrogens with zero attached hydrogens (tertiary/aromatic N) is 1. The van der Waals surface area contributed by atoms with Gasteiger partial charge in [0.15, 0.2) is 0 Å². The van der Waals surface area contributed by atoms with Crippen LogP contribution in [0.1, 0.15) is 36.1 Å². The zero-order valence-electron chi connectivity index (χ0n) is 11.1. The summed E-state index contributed by atoms with van der Waals surface area (Å²) in [5, 5.41) is 20.4. The molecule has 0 spiro atoms. The van der Waals surface area contributed by atoms with Crippen LogP contribution in [0.25, 0.3) is 0 Å². The fourth-order valence-electron chi connectivity index (χ4n) is 2.55. The second-order valence-corrected chi connectivity index (χ2v) is 5.87. The lowest BCUT2D eigenvalue weighted by Crippen LogP contribution is -2.36. The fraction of sp³-hybridized carbons (Fsp3) is 0.600. The number of hydrogen-bond donors (Lipinski definition) is 2. The van der Waals surface area contributed by atoms with Gasteiger partial charge in [0.05, 0.1) is 6.61 Å². The average molecular weight is 279 g/mol. The van der Waals surface area contributed by atoms with Gasteiger partial charge in [-0.2, -0.15) is 0 Å². The summed E-state index contributed by atoms with van der Waals surface area (Å²) >= 11 is 1.71. The molecule has 1 aliphatic heterocycles. The molecule has 1 atom stereocenters. The van der Waals surface area contributed by atoms with Gasteiger partial charge in [0.25, 0.3) is 0 Å². The molecule has 0 radical (unpaired) electrons. The zero-order chi connectivity index (χ0) is 13.5. The minimum absolute atomic E-state index is 0.0989. The SMILES string of the molecule is OCC#Cc1ccsc1CN1CCCCCC1CO. The van der Waals surface area contributed by atoms with E-state index in [1.165, 1.54) is 24.1 Å². The Morgan fingerprint density at radius 2 is 2.21 bits per heavy atom. The van der Waals surface area contributed by atoms with Gasteiger partial charge in [-0.05, 0) is 30.8 Å². The third-order valence-corrected chi connectivity index (χ3v) is 4.51. The Morgan fingerprint density at radius 3 is 3.00 bits per heavy atom. The van der Waals surface area contributed by atoms with Crippen molar-refractivity contribution >= 4 is 11.3 Å². The molecule has 2 heterocycles. The Kier molecular flexibility index (Phi) is 5.87. The highest BCUT2D eigenvalue weighted by molar-refractivity contribution is 7.10. The molecule has 1 aromatic heterocycles. The molecule has 2 N–H and O–H groups in total. The molecule has 1 aromatic rings. The molecule has 0 bridgehead atoms. The summed E-state index contributed by atoms with van der Waals surface area (Å²) in [4.78, 5) is 3.62. The van der Waals surface area contributed by atoms with Crippen LogP contribution >= 0.6 is 11.3 Å². The highest BCUT2D eigenvalue weighted by Gasteiger charge is 2.21. The van der Waals surface area contributed by atoms with Crippen LogP contribution in [0, 0.1) is 11.8 Å². The van der Waals surface area contributed by atoms with Crippen molar-refractivity contribution in [2.75, 3.05) is 19.8 Å². The molecule has 0 amide bonds. The molecule has 1 saturated heterocycles. The predicted molar refractivity (Wildman–Crippen MR) is 78.0 cm³/mol. The highest BCUT2D eigenvalue weighted by Crippen LogP contribution is 2.23. The minimum Gasteiger partial charge on any atom is -0.395 e. The largest absolute Gasteiger partial charge is 0.395 e. The van der Waals surface area contributed by atoms with Gasteiger partial charge in [-0.25, -0.2) is 0 Å². The molecule has 1 unspecified atom stereocenters. The lowest BCUT2D eigenvalue weighted by Gasteiger charge is -2.28. The number of aliphatic hydroxyl groups excluding tert-OH is 2. The van der Waals surface area contributed by atoms with E-state index in [-0.39, 0.29) is 19.3 Å². The summed E-state index contributed by atoms with van der Waals surface area (Å²) in [5.41, 5.74) is 1.01. The summed E-state index contributed by atoms with van der Waals surface area (Å²) < 4.78 is 0. The van der Waals surface area contributed by atoms with E-state index in [1.54, 1.807) is 11.3 Å². The van der Waals surface area contributed by atoms with E-state index in [1.807, 2.05) is 11.4 Å². The monoisotopic (exact) mass is 279 g/mol. The topological polar surface area (TPSA) is 43.7 Å². The number of thiophene rings is 1. The van der Waals surface area contributed by atoms with E-state index >= 15 is 0 Å². The van der Waals surface area contributed by atoms with Crippen molar-refractivity contribution < 1.29 is 10.2 Å². The minimum atomic E-state index is -0.0989. The Hall–Kier alpha value is -0.860. The molecule has 3 nitrogen and oxygen atoms in total. The quantitative estimate of drug-likeness (QED) is 0.830. The number of hydrogen-bond acceptors (Lipinski definition) is 4. The first-order chi connectivity index (χ1) is 9.35. The van der Waals surface area contributed by atoms with E-state index in [2.05, 4.69) is 16.7 Å². The van der Waals surface area contributed by atoms with Crippen molar-refractivity contribution in [1.82, 2.24) is 4.90 Å². The van der Waals surface area contributed by atoms with Crippen molar-refractivity contribution in [3.8, 4) is 11.8 Å². The number of aliphatic hydroxyl groups is 2. The van der Waals surface area contributed by atoms with Gasteiger partial charge in [0.1, 0.15) is 6.61 Å². The summed E-state index contributed by atoms with van der Waals surface area (Å²) in [6, 6.07) is 2.29. The van der Waals surface area contributed by atoms with E-state index in [0.29, 0.717) is 0 Å². The van der Waals surface area contributed by atoms with E-state index in [0.717, 1.165) is 25.1 Å². The van der Waals surface area contributed by atoms with Crippen molar-refractivity contribution in [2.45, 2.75) is 38.3 Å². The molecule has 2 rings (SSSR count). The normalized spacial score (nSPS) is 20.6. The van der Waals surface area contributed by atoms with Crippen molar-refractivity contribution in [2.24, 2.45) is 0 Å². The molecular formula is C15H21NO2S. The maximum atomic E-state index is 9.53. The summed E-state index contributed by atoms with van der Waals surface area (Å²) in [6.45, 7) is 2.05. The predicted octanol–water partition coefficient (Wildman–Crippen LogP) is 1.83. The highest BCUT2D eigenvalue weighted by atomic mass is 32.1. The van der Waals surface area contributed by atoms with Crippen molar-refractivity contribution in [1.29, 1.82) is 0 Å². The lowest BCUT2D eigenvalue weighted by molar-refractivity contribution is 0.119.